The molecule has 0 aromatic carbocycles. The molecule has 1 aromatic rings. The lowest BCUT2D eigenvalue weighted by molar-refractivity contribution is -0.0161. The van der Waals surface area contributed by atoms with Crippen molar-refractivity contribution in [3.05, 3.63) is 17.0 Å². The van der Waals surface area contributed by atoms with E-state index in [1.165, 1.54) is 4.90 Å². The first-order chi connectivity index (χ1) is 9.83. The van der Waals surface area contributed by atoms with Crippen LogP contribution in [-0.4, -0.2) is 46.1 Å². The van der Waals surface area contributed by atoms with Crippen LogP contribution in [0.5, 0.6) is 0 Å². The predicted octanol–water partition coefficient (Wildman–Crippen LogP) is 1.91. The number of aromatic nitrogens is 2. The summed E-state index contributed by atoms with van der Waals surface area (Å²) in [5.74, 6) is -2.84. The molecule has 1 spiro atoms. The molecule has 1 N–H and O–H groups in total. The Kier molecular flexibility index (Phi) is 2.40. The van der Waals surface area contributed by atoms with Gasteiger partial charge >= 0.3 is 0 Å². The van der Waals surface area contributed by atoms with Crippen LogP contribution in [0, 0.1) is 5.41 Å². The fourth-order valence-electron chi connectivity index (χ4n) is 3.55. The summed E-state index contributed by atoms with van der Waals surface area (Å²) in [6, 6.07) is 0. The molecule has 5 nitrogen and oxygen atoms in total. The van der Waals surface area contributed by atoms with Crippen molar-refractivity contribution in [1.82, 2.24) is 15.1 Å². The van der Waals surface area contributed by atoms with E-state index < -0.39 is 11.3 Å². The molecule has 2 aliphatic heterocycles. The maximum Gasteiger partial charge on any atom is 0.274 e. The van der Waals surface area contributed by atoms with Crippen LogP contribution < -0.4 is 0 Å². The summed E-state index contributed by atoms with van der Waals surface area (Å²) in [6.45, 7) is 4.14. The maximum absolute atomic E-state index is 13.2. The van der Waals surface area contributed by atoms with E-state index in [0.29, 0.717) is 12.1 Å². The lowest BCUT2D eigenvalue weighted by Gasteiger charge is -2.39. The first-order valence-corrected chi connectivity index (χ1v) is 7.23. The largest absolute Gasteiger partial charge is 0.369 e. The molecule has 4 rings (SSSR count). The van der Waals surface area contributed by atoms with E-state index in [9.17, 15) is 13.6 Å². The number of nitrogens with zero attached hydrogens (tertiary/aromatic N) is 2. The number of likely N-dealkylation sites (tertiary alicyclic amines) is 1. The van der Waals surface area contributed by atoms with Crippen molar-refractivity contribution in [1.29, 1.82) is 0 Å². The van der Waals surface area contributed by atoms with Crippen LogP contribution in [0.3, 0.4) is 0 Å². The second-order valence-corrected chi connectivity index (χ2v) is 6.58. The van der Waals surface area contributed by atoms with Gasteiger partial charge in [-0.1, -0.05) is 0 Å². The summed E-state index contributed by atoms with van der Waals surface area (Å²) in [6.07, 6.45) is 0.414. The van der Waals surface area contributed by atoms with Crippen molar-refractivity contribution in [3.63, 3.8) is 0 Å². The monoisotopic (exact) mass is 297 g/mol. The van der Waals surface area contributed by atoms with Crippen molar-refractivity contribution in [2.45, 2.75) is 44.8 Å². The van der Waals surface area contributed by atoms with Gasteiger partial charge in [-0.05, 0) is 13.8 Å². The minimum atomic E-state index is -2.59. The zero-order valence-electron chi connectivity index (χ0n) is 11.9. The molecule has 0 radical (unpaired) electrons. The topological polar surface area (TPSA) is 58.2 Å². The molecule has 1 aliphatic carbocycles. The second-order valence-electron chi connectivity index (χ2n) is 6.58. The Bertz CT molecular complexity index is 622. The lowest BCUT2D eigenvalue weighted by atomic mass is 9.94. The molecule has 2 fully saturated rings. The van der Waals surface area contributed by atoms with Gasteiger partial charge in [-0.15, -0.1) is 0 Å². The molecule has 2 atom stereocenters. The Balaban J connectivity index is 1.54. The summed E-state index contributed by atoms with van der Waals surface area (Å²) < 4.78 is 32.1. The van der Waals surface area contributed by atoms with Gasteiger partial charge in [-0.25, -0.2) is 8.78 Å². The van der Waals surface area contributed by atoms with Gasteiger partial charge in [0, 0.05) is 31.5 Å². The van der Waals surface area contributed by atoms with E-state index in [1.807, 2.05) is 13.8 Å². The highest BCUT2D eigenvalue weighted by Gasteiger charge is 2.76. The van der Waals surface area contributed by atoms with Crippen LogP contribution in [0.15, 0.2) is 0 Å². The Hall–Kier alpha value is -1.50. The predicted molar refractivity (Wildman–Crippen MR) is 69.2 cm³/mol. The number of carbonyl (C=O) groups is 1. The molecule has 0 unspecified atom stereocenters. The average Bonchev–Trinajstić information content (AvgIpc) is 2.74. The molecule has 3 aliphatic rings. The Morgan fingerprint density at radius 3 is 2.71 bits per heavy atom. The summed E-state index contributed by atoms with van der Waals surface area (Å²) >= 11 is 0. The number of halogens is 2. The fraction of sp³-hybridized carbons (Fsp3) is 0.714. The molecule has 7 heteroatoms. The number of hydrogen-bond acceptors (Lipinski definition) is 3. The molecular formula is C14H17F2N3O2. The Labute approximate surface area is 120 Å². The third kappa shape index (κ3) is 1.70. The number of rotatable bonds is 1. The van der Waals surface area contributed by atoms with Crippen LogP contribution in [0.4, 0.5) is 8.78 Å². The van der Waals surface area contributed by atoms with Gasteiger partial charge in [0.25, 0.3) is 11.8 Å². The molecule has 1 aromatic heterocycles. The van der Waals surface area contributed by atoms with Gasteiger partial charge in [0.05, 0.1) is 23.3 Å². The highest BCUT2D eigenvalue weighted by atomic mass is 19.3. The van der Waals surface area contributed by atoms with E-state index in [2.05, 4.69) is 10.2 Å². The highest BCUT2D eigenvalue weighted by molar-refractivity contribution is 5.95. The molecule has 1 amide bonds. The van der Waals surface area contributed by atoms with Crippen LogP contribution in [0.25, 0.3) is 0 Å². The zero-order chi connectivity index (χ0) is 15.0. The normalized spacial score (nSPS) is 31.7. The number of alkyl halides is 2. The number of carbonyl (C=O) groups excluding carboxylic acids is 1. The van der Waals surface area contributed by atoms with Gasteiger partial charge in [0.1, 0.15) is 0 Å². The number of H-pyrrole nitrogens is 1. The lowest BCUT2D eigenvalue weighted by Crippen LogP contribution is -2.54. The molecule has 0 bridgehead atoms. The average molecular weight is 297 g/mol. The van der Waals surface area contributed by atoms with Crippen LogP contribution in [0.2, 0.25) is 0 Å². The maximum atomic E-state index is 13.2. The van der Waals surface area contributed by atoms with Gasteiger partial charge in [0.15, 0.2) is 5.69 Å². The number of hydrogen-bond donors (Lipinski definition) is 1. The molecule has 3 heterocycles. The first kappa shape index (κ1) is 13.2. The van der Waals surface area contributed by atoms with Gasteiger partial charge < -0.3 is 9.64 Å². The minimum absolute atomic E-state index is 0.0205. The summed E-state index contributed by atoms with van der Waals surface area (Å²) in [4.78, 5) is 13.9. The smallest absolute Gasteiger partial charge is 0.274 e. The number of fused-ring (bicyclic) bond motifs is 1. The standard InChI is InChI=1S/C14H17F2N3O2/c1-7-3-9-10(8(2)21-7)17-18-11(9)12(20)19-5-13(6-19)4-14(13,15)16/h7-8H,3-6H2,1-2H3,(H,17,18)/t7-,8+/m1/s1. The van der Waals surface area contributed by atoms with Gasteiger partial charge in [-0.3, -0.25) is 9.89 Å². The molecule has 1 saturated carbocycles. The van der Waals surface area contributed by atoms with Crippen molar-refractivity contribution in [3.8, 4) is 0 Å². The second kappa shape index (κ2) is 3.82. The highest BCUT2D eigenvalue weighted by Crippen LogP contribution is 2.65. The zero-order valence-corrected chi connectivity index (χ0v) is 11.9. The van der Waals surface area contributed by atoms with Crippen molar-refractivity contribution >= 4 is 5.91 Å². The van der Waals surface area contributed by atoms with E-state index >= 15 is 0 Å². The molecular weight excluding hydrogens is 280 g/mol. The van der Waals surface area contributed by atoms with E-state index in [4.69, 9.17) is 4.74 Å². The summed E-state index contributed by atoms with van der Waals surface area (Å²) in [7, 11) is 0. The summed E-state index contributed by atoms with van der Waals surface area (Å²) in [5, 5.41) is 6.97. The van der Waals surface area contributed by atoms with Crippen LogP contribution >= 0.6 is 0 Å². The third-order valence-electron chi connectivity index (χ3n) is 4.92. The fourth-order valence-corrected chi connectivity index (χ4v) is 3.55. The number of nitrogens with one attached hydrogen (secondary N) is 1. The van der Waals surface area contributed by atoms with E-state index in [1.54, 1.807) is 0 Å². The van der Waals surface area contributed by atoms with Crippen LogP contribution in [-0.2, 0) is 11.2 Å². The number of aromatic amines is 1. The van der Waals surface area contributed by atoms with E-state index in [-0.39, 0.29) is 37.6 Å². The Morgan fingerprint density at radius 2 is 2.10 bits per heavy atom. The first-order valence-electron chi connectivity index (χ1n) is 7.23. The quantitative estimate of drug-likeness (QED) is 0.861. The van der Waals surface area contributed by atoms with Gasteiger partial charge in [-0.2, -0.15) is 5.10 Å². The Morgan fingerprint density at radius 1 is 1.43 bits per heavy atom. The molecule has 21 heavy (non-hydrogen) atoms. The van der Waals surface area contributed by atoms with Crippen molar-refractivity contribution in [2.75, 3.05) is 13.1 Å². The number of ether oxygens (including phenoxy) is 1. The SMILES string of the molecule is C[C@@H]1Cc2c(C(=O)N3CC4(C3)CC4(F)F)n[nH]c2[C@H](C)O1. The third-order valence-corrected chi connectivity index (χ3v) is 4.92. The van der Waals surface area contributed by atoms with Crippen LogP contribution in [0.1, 0.15) is 48.1 Å². The minimum Gasteiger partial charge on any atom is -0.369 e. The number of amides is 1. The molecule has 1 saturated heterocycles. The van der Waals surface area contributed by atoms with Crippen molar-refractivity contribution < 1.29 is 18.3 Å². The summed E-state index contributed by atoms with van der Waals surface area (Å²) in [5.41, 5.74) is 1.12. The molecule has 114 valence electrons. The van der Waals surface area contributed by atoms with E-state index in [0.717, 1.165) is 11.3 Å². The van der Waals surface area contributed by atoms with Gasteiger partial charge in [0.2, 0.25) is 0 Å². The van der Waals surface area contributed by atoms with Crippen molar-refractivity contribution in [2.24, 2.45) is 5.41 Å².